The Labute approximate surface area is 180 Å². The van der Waals surface area contributed by atoms with E-state index in [-0.39, 0.29) is 0 Å². The molecular weight excluding hydrogens is 406 g/mol. The summed E-state index contributed by atoms with van der Waals surface area (Å²) in [5, 5.41) is 3.77. The van der Waals surface area contributed by atoms with Crippen LogP contribution in [0.3, 0.4) is 0 Å². The van der Waals surface area contributed by atoms with Crippen molar-refractivity contribution in [1.82, 2.24) is 15.0 Å². The minimum Gasteiger partial charge on any atom is -0.497 e. The molecular formula is C20H24ClN7O2. The summed E-state index contributed by atoms with van der Waals surface area (Å²) < 4.78 is 10.6. The van der Waals surface area contributed by atoms with E-state index in [0.29, 0.717) is 34.1 Å². The highest BCUT2D eigenvalue weighted by atomic mass is 35.5. The molecule has 158 valence electrons. The maximum atomic E-state index is 6.41. The van der Waals surface area contributed by atoms with Crippen molar-refractivity contribution in [2.75, 3.05) is 43.4 Å². The molecule has 1 atom stereocenters. The van der Waals surface area contributed by atoms with Gasteiger partial charge in [0.1, 0.15) is 17.8 Å². The fraction of sp³-hybridized carbons (Fsp3) is 0.250. The lowest BCUT2D eigenvalue weighted by Gasteiger charge is -2.33. The lowest BCUT2D eigenvalue weighted by atomic mass is 10.3. The number of aromatic nitrogens is 3. The van der Waals surface area contributed by atoms with Crippen LogP contribution in [0.5, 0.6) is 11.5 Å². The van der Waals surface area contributed by atoms with Crippen LogP contribution in [-0.4, -0.2) is 49.6 Å². The Morgan fingerprint density at radius 3 is 2.33 bits per heavy atom. The number of ether oxygens (including phenoxy) is 2. The Kier molecular flexibility index (Phi) is 6.76. The number of rotatable bonds is 8. The molecule has 1 heterocycles. The Morgan fingerprint density at radius 1 is 1.00 bits per heavy atom. The van der Waals surface area contributed by atoms with E-state index in [1.54, 1.807) is 32.2 Å². The highest BCUT2D eigenvalue weighted by Gasteiger charge is 2.19. The van der Waals surface area contributed by atoms with Crippen LogP contribution >= 0.6 is 11.6 Å². The van der Waals surface area contributed by atoms with Gasteiger partial charge in [-0.05, 0) is 18.2 Å². The summed E-state index contributed by atoms with van der Waals surface area (Å²) >= 11 is 6.09. The van der Waals surface area contributed by atoms with Gasteiger partial charge in [0.2, 0.25) is 11.9 Å². The van der Waals surface area contributed by atoms with Gasteiger partial charge in [0.25, 0.3) is 0 Å². The predicted molar refractivity (Wildman–Crippen MR) is 119 cm³/mol. The van der Waals surface area contributed by atoms with Crippen molar-refractivity contribution < 1.29 is 9.47 Å². The quantitative estimate of drug-likeness (QED) is 0.523. The van der Waals surface area contributed by atoms with Crippen molar-refractivity contribution in [1.29, 1.82) is 0 Å². The van der Waals surface area contributed by atoms with Crippen LogP contribution in [-0.2, 0) is 0 Å². The molecule has 0 aliphatic carbocycles. The number of anilines is 4. The minimum absolute atomic E-state index is 0.361. The number of halogens is 1. The van der Waals surface area contributed by atoms with E-state index in [0.717, 1.165) is 5.69 Å². The number of nitrogens with two attached hydrogens (primary N) is 1. The highest BCUT2D eigenvalue weighted by molar-refractivity contribution is 6.30. The summed E-state index contributed by atoms with van der Waals surface area (Å²) in [7, 11) is 6.85. The van der Waals surface area contributed by atoms with E-state index in [9.17, 15) is 0 Å². The molecule has 3 aromatic rings. The molecule has 0 fully saturated rings. The molecule has 0 amide bonds. The van der Waals surface area contributed by atoms with E-state index < -0.39 is 6.29 Å². The molecule has 0 aliphatic rings. The van der Waals surface area contributed by atoms with Crippen molar-refractivity contribution in [3.63, 3.8) is 0 Å². The summed E-state index contributed by atoms with van der Waals surface area (Å²) in [6.45, 7) is 0. The van der Waals surface area contributed by atoms with Gasteiger partial charge in [-0.15, -0.1) is 0 Å². The van der Waals surface area contributed by atoms with E-state index in [1.807, 2.05) is 48.3 Å². The number of nitrogens with zero attached hydrogens (tertiary/aromatic N) is 5. The second-order valence-corrected chi connectivity index (χ2v) is 6.89. The van der Waals surface area contributed by atoms with Crippen molar-refractivity contribution in [3.05, 3.63) is 53.8 Å². The van der Waals surface area contributed by atoms with Crippen LogP contribution in [0.1, 0.15) is 0 Å². The van der Waals surface area contributed by atoms with Crippen molar-refractivity contribution >= 4 is 34.9 Å². The minimum atomic E-state index is -0.532. The molecule has 0 bridgehead atoms. The van der Waals surface area contributed by atoms with Gasteiger partial charge in [-0.2, -0.15) is 4.98 Å². The molecule has 0 radical (unpaired) electrons. The first kappa shape index (κ1) is 21.4. The molecule has 10 heteroatoms. The number of nitrogens with one attached hydrogen (secondary N) is 1. The van der Waals surface area contributed by atoms with Crippen LogP contribution < -0.4 is 30.3 Å². The van der Waals surface area contributed by atoms with Gasteiger partial charge in [0, 0.05) is 48.7 Å². The first-order valence-electron chi connectivity index (χ1n) is 9.07. The zero-order chi connectivity index (χ0) is 21.7. The average molecular weight is 430 g/mol. The number of benzene rings is 2. The van der Waals surface area contributed by atoms with Crippen LogP contribution in [0, 0.1) is 0 Å². The van der Waals surface area contributed by atoms with E-state index in [1.165, 1.54) is 6.33 Å². The molecule has 1 unspecified atom stereocenters. The summed E-state index contributed by atoms with van der Waals surface area (Å²) in [5.74, 6) is 2.06. The molecule has 3 N–H and O–H groups in total. The Balaban J connectivity index is 1.79. The second-order valence-electron chi connectivity index (χ2n) is 6.45. The number of hydrogen-bond acceptors (Lipinski definition) is 9. The van der Waals surface area contributed by atoms with Gasteiger partial charge < -0.3 is 24.6 Å². The second kappa shape index (κ2) is 9.47. The van der Waals surface area contributed by atoms with E-state index in [2.05, 4.69) is 20.3 Å². The van der Waals surface area contributed by atoms with Gasteiger partial charge in [-0.25, -0.2) is 9.97 Å². The predicted octanol–water partition coefficient (Wildman–Crippen LogP) is 3.10. The average Bonchev–Trinajstić information content (AvgIpc) is 2.77. The SMILES string of the molecule is COc1cc(Nc2ncnc(N(C)C(N)N(C)c3cccc(Cl)c3)n2)cc(OC)c1. The van der Waals surface area contributed by atoms with Gasteiger partial charge in [-0.1, -0.05) is 17.7 Å². The normalized spacial score (nSPS) is 11.5. The molecule has 0 saturated carbocycles. The first-order valence-corrected chi connectivity index (χ1v) is 9.45. The molecule has 9 nitrogen and oxygen atoms in total. The van der Waals surface area contributed by atoms with Gasteiger partial charge in [0.15, 0.2) is 6.29 Å². The van der Waals surface area contributed by atoms with Crippen molar-refractivity contribution in [2.45, 2.75) is 6.29 Å². The topological polar surface area (TPSA) is 102 Å². The van der Waals surface area contributed by atoms with Crippen LogP contribution in [0.25, 0.3) is 0 Å². The highest BCUT2D eigenvalue weighted by Crippen LogP contribution is 2.27. The lowest BCUT2D eigenvalue weighted by molar-refractivity contribution is 0.395. The summed E-state index contributed by atoms with van der Waals surface area (Å²) in [6, 6.07) is 12.9. The van der Waals surface area contributed by atoms with Gasteiger partial charge in [0.05, 0.1) is 14.2 Å². The monoisotopic (exact) mass is 429 g/mol. The number of methoxy groups -OCH3 is 2. The maximum absolute atomic E-state index is 6.41. The molecule has 0 saturated heterocycles. The molecule has 0 spiro atoms. The maximum Gasteiger partial charge on any atom is 0.232 e. The Morgan fingerprint density at radius 2 is 1.70 bits per heavy atom. The van der Waals surface area contributed by atoms with E-state index in [4.69, 9.17) is 26.8 Å². The van der Waals surface area contributed by atoms with Gasteiger partial charge in [-0.3, -0.25) is 5.73 Å². The molecule has 3 rings (SSSR count). The smallest absolute Gasteiger partial charge is 0.232 e. The lowest BCUT2D eigenvalue weighted by Crippen LogP contribution is -2.52. The molecule has 0 aliphatic heterocycles. The van der Waals surface area contributed by atoms with Crippen LogP contribution in [0.4, 0.5) is 23.3 Å². The summed E-state index contributed by atoms with van der Waals surface area (Å²) in [6.07, 6.45) is 0.889. The third-order valence-electron chi connectivity index (χ3n) is 4.49. The Bertz CT molecular complexity index is 982. The van der Waals surface area contributed by atoms with Gasteiger partial charge >= 0.3 is 0 Å². The zero-order valence-corrected chi connectivity index (χ0v) is 18.0. The fourth-order valence-electron chi connectivity index (χ4n) is 2.75. The van der Waals surface area contributed by atoms with Crippen LogP contribution in [0.15, 0.2) is 48.8 Å². The first-order chi connectivity index (χ1) is 14.4. The molecule has 30 heavy (non-hydrogen) atoms. The molecule has 1 aromatic heterocycles. The molecule has 2 aromatic carbocycles. The summed E-state index contributed by atoms with van der Waals surface area (Å²) in [5.41, 5.74) is 8.00. The zero-order valence-electron chi connectivity index (χ0n) is 17.2. The number of hydrogen-bond donors (Lipinski definition) is 2. The third kappa shape index (κ3) is 5.00. The summed E-state index contributed by atoms with van der Waals surface area (Å²) in [4.78, 5) is 16.5. The van der Waals surface area contributed by atoms with Crippen LogP contribution in [0.2, 0.25) is 5.02 Å². The largest absolute Gasteiger partial charge is 0.497 e. The van der Waals surface area contributed by atoms with E-state index >= 15 is 0 Å². The van der Waals surface area contributed by atoms with Crippen molar-refractivity contribution in [3.8, 4) is 11.5 Å². The third-order valence-corrected chi connectivity index (χ3v) is 4.73. The standard InChI is InChI=1S/C20H24ClN7O2/c1-27(15-7-5-6-13(21)8-15)18(22)28(2)20-24-12-23-19(26-20)25-14-9-16(29-3)11-17(10-14)30-4/h5-12,18H,22H2,1-4H3,(H,23,24,25,26). The Hall–Kier alpha value is -3.30. The van der Waals surface area contributed by atoms with Crippen molar-refractivity contribution in [2.24, 2.45) is 5.73 Å². The fourth-order valence-corrected chi connectivity index (χ4v) is 2.94.